The summed E-state index contributed by atoms with van der Waals surface area (Å²) in [6.07, 6.45) is -8.42. The highest BCUT2D eigenvalue weighted by Gasteiger charge is 2.51. The molecule has 25 heteroatoms. The first-order chi connectivity index (χ1) is 21.4. The van der Waals surface area contributed by atoms with Crippen molar-refractivity contribution in [2.24, 2.45) is 0 Å². The first-order valence-corrected chi connectivity index (χ1v) is 18.1. The fourth-order valence-corrected chi connectivity index (χ4v) is 7.39. The number of aromatic nitrogens is 8. The average Bonchev–Trinajstić information content (AvgIpc) is 3.73. The minimum atomic E-state index is -4.47. The lowest BCUT2D eigenvalue weighted by Gasteiger charge is -2.26. The third-order valence-electron chi connectivity index (χ3n) is 7.04. The van der Waals surface area contributed by atoms with E-state index in [0.29, 0.717) is 0 Å². The van der Waals surface area contributed by atoms with Gasteiger partial charge in [0, 0.05) is 0 Å². The van der Waals surface area contributed by atoms with Gasteiger partial charge in [-0.3, -0.25) is 32.5 Å². The monoisotopic (exact) mass is 710 g/mol. The van der Waals surface area contributed by atoms with Crippen molar-refractivity contribution in [2.75, 3.05) is 24.7 Å². The SMILES string of the molecule is Nc1nc2c(ncn2[C@@H]2O[C@H](CO)C(O)[C@@H]2OP(=O)(S)OC[C@H]2O[C@@H](n3cnc4c(N)ncnc43)[C@@H](F)C2O[PH](=O)S)c(=O)[nH]1. The maximum Gasteiger partial charge on any atom is 0.386 e. The van der Waals surface area contributed by atoms with Crippen LogP contribution < -0.4 is 17.0 Å². The molecular weight excluding hydrogens is 685 g/mol. The van der Waals surface area contributed by atoms with Gasteiger partial charge >= 0.3 is 6.80 Å². The number of thiol groups is 2. The predicted octanol–water partition coefficient (Wildman–Crippen LogP) is -0.246. The van der Waals surface area contributed by atoms with Crippen molar-refractivity contribution in [3.63, 3.8) is 0 Å². The summed E-state index contributed by atoms with van der Waals surface area (Å²) < 4.78 is 71.1. The summed E-state index contributed by atoms with van der Waals surface area (Å²) in [6.45, 7) is -5.81. The number of anilines is 2. The number of rotatable bonds is 10. The van der Waals surface area contributed by atoms with E-state index < -0.39 is 81.9 Å². The minimum Gasteiger partial charge on any atom is -0.394 e. The lowest BCUT2D eigenvalue weighted by molar-refractivity contribution is -0.0524. The van der Waals surface area contributed by atoms with E-state index >= 15 is 4.39 Å². The van der Waals surface area contributed by atoms with E-state index in [9.17, 15) is 24.1 Å². The van der Waals surface area contributed by atoms with Crippen LogP contribution in [0.4, 0.5) is 16.2 Å². The minimum absolute atomic E-state index is 0.0444. The zero-order chi connectivity index (χ0) is 32.2. The van der Waals surface area contributed by atoms with E-state index in [0.717, 1.165) is 12.7 Å². The van der Waals surface area contributed by atoms with Crippen LogP contribution in [0.15, 0.2) is 23.8 Å². The molecule has 2 fully saturated rings. The lowest BCUT2D eigenvalue weighted by atomic mass is 10.1. The zero-order valence-electron chi connectivity index (χ0n) is 22.4. The van der Waals surface area contributed by atoms with Crippen molar-refractivity contribution in [1.82, 2.24) is 39.0 Å². The summed E-state index contributed by atoms with van der Waals surface area (Å²) in [5.74, 6) is -0.198. The Balaban J connectivity index is 1.22. The normalized spacial score (nSPS) is 30.7. The second-order valence-corrected chi connectivity index (χ2v) is 14.5. The number of ether oxygens (including phenoxy) is 2. The Morgan fingerprint density at radius 3 is 2.49 bits per heavy atom. The number of aliphatic hydroxyl groups is 2. The lowest BCUT2D eigenvalue weighted by Crippen LogP contribution is -2.35. The van der Waals surface area contributed by atoms with Crippen LogP contribution in [0.3, 0.4) is 0 Å². The molecule has 2 saturated heterocycles. The van der Waals surface area contributed by atoms with Crippen molar-refractivity contribution in [1.29, 1.82) is 0 Å². The number of nitrogens with two attached hydrogens (primary N) is 2. The summed E-state index contributed by atoms with van der Waals surface area (Å²) in [6, 6.07) is 0. The van der Waals surface area contributed by atoms with Crippen LogP contribution in [0, 0.1) is 0 Å². The summed E-state index contributed by atoms with van der Waals surface area (Å²) in [5.41, 5.74) is 11.0. The number of aliphatic hydroxyl groups excluding tert-OH is 2. The molecule has 0 aromatic carbocycles. The number of nitrogens with one attached hydrogen (secondary N) is 1. The quantitative estimate of drug-likeness (QED) is 0.0825. The fraction of sp³-hybridized carbons (Fsp3) is 0.500. The molecule has 0 spiro atoms. The second kappa shape index (κ2) is 12.5. The van der Waals surface area contributed by atoms with Gasteiger partial charge in [-0.15, -0.1) is 0 Å². The smallest absolute Gasteiger partial charge is 0.386 e. The number of aromatic amines is 1. The van der Waals surface area contributed by atoms with Crippen LogP contribution in [0.5, 0.6) is 0 Å². The van der Waals surface area contributed by atoms with Crippen LogP contribution >= 0.6 is 38.5 Å². The Morgan fingerprint density at radius 1 is 1.09 bits per heavy atom. The molecule has 20 nitrogen and oxygen atoms in total. The van der Waals surface area contributed by atoms with Crippen molar-refractivity contribution >= 4 is 72.6 Å². The summed E-state index contributed by atoms with van der Waals surface area (Å²) in [5, 5.41) is 20.6. The standard InChI is InChI=1S/C20H25FN10O10P2S2/c21-8-12(40-42(35)44)7(39-18(8)30-4-26-9-14(22)24-3-25-15(9)30)2-37-43(36,45)41-13-11(33)6(1-32)38-19(13)31-5-27-10-16(31)28-20(23)29-17(10)34/h3-8,11-13,18-19,32-33,42H,1-2H2,(H,35,44)(H,36,45)(H2,22,24,25)(H3,23,28,29,34)/t6-,7-,8+,11?,12?,13+,18-,19-,43?/m1/s1. The van der Waals surface area contributed by atoms with Crippen LogP contribution in [0.25, 0.3) is 22.3 Å². The van der Waals surface area contributed by atoms with E-state index in [2.05, 4.69) is 54.4 Å². The van der Waals surface area contributed by atoms with E-state index in [1.807, 2.05) is 0 Å². The predicted molar refractivity (Wildman–Crippen MR) is 158 cm³/mol. The molecule has 0 bridgehead atoms. The Labute approximate surface area is 261 Å². The topological polar surface area (TPSA) is 280 Å². The number of nitrogens with zero attached hydrogens (tertiary/aromatic N) is 7. The molecule has 0 radical (unpaired) electrons. The van der Waals surface area contributed by atoms with Gasteiger partial charge < -0.3 is 35.7 Å². The highest BCUT2D eigenvalue weighted by molar-refractivity contribution is 8.44. The van der Waals surface area contributed by atoms with Gasteiger partial charge in [0.25, 0.3) is 5.56 Å². The molecular formula is C20H25FN10O10P2S2. The molecule has 2 aliphatic heterocycles. The maximum absolute atomic E-state index is 15.7. The molecule has 0 amide bonds. The van der Waals surface area contributed by atoms with Gasteiger partial charge in [0.05, 0.1) is 25.9 Å². The first-order valence-electron chi connectivity index (χ1n) is 12.8. The third-order valence-corrected chi connectivity index (χ3v) is 9.44. The molecule has 7 N–H and O–H groups in total. The number of hydrogen-bond donors (Lipinski definition) is 7. The molecule has 4 aromatic rings. The number of fused-ring (bicyclic) bond motifs is 2. The molecule has 45 heavy (non-hydrogen) atoms. The summed E-state index contributed by atoms with van der Waals surface area (Å²) >= 11 is 7.75. The number of nitrogen functional groups attached to an aromatic ring is 2. The van der Waals surface area contributed by atoms with Gasteiger partial charge in [-0.2, -0.15) is 4.98 Å². The molecule has 244 valence electrons. The van der Waals surface area contributed by atoms with Crippen molar-refractivity contribution in [3.8, 4) is 0 Å². The van der Waals surface area contributed by atoms with Gasteiger partial charge in [0.1, 0.15) is 42.4 Å². The zero-order valence-corrected chi connectivity index (χ0v) is 26.1. The molecule has 2 aliphatic rings. The van der Waals surface area contributed by atoms with Gasteiger partial charge in [0.15, 0.2) is 41.3 Å². The molecule has 6 heterocycles. The summed E-state index contributed by atoms with van der Waals surface area (Å²) in [4.78, 5) is 34.5. The van der Waals surface area contributed by atoms with Crippen LogP contribution in [-0.4, -0.2) is 99.2 Å². The van der Waals surface area contributed by atoms with Gasteiger partial charge in [0.2, 0.25) is 13.2 Å². The Hall–Kier alpha value is -2.69. The van der Waals surface area contributed by atoms with Gasteiger partial charge in [-0.05, 0) is 0 Å². The van der Waals surface area contributed by atoms with Gasteiger partial charge in [-0.1, -0.05) is 24.5 Å². The van der Waals surface area contributed by atoms with Crippen molar-refractivity contribution in [2.45, 2.75) is 49.1 Å². The van der Waals surface area contributed by atoms with Crippen LogP contribution in [0.1, 0.15) is 12.5 Å². The average molecular weight is 711 g/mol. The Bertz CT molecular complexity index is 1870. The molecule has 4 aromatic heterocycles. The Kier molecular flexibility index (Phi) is 8.95. The number of hydrogen-bond acceptors (Lipinski definition) is 17. The van der Waals surface area contributed by atoms with Crippen molar-refractivity contribution < 1.29 is 46.8 Å². The number of halogens is 1. The van der Waals surface area contributed by atoms with E-state index in [4.69, 9.17) is 34.5 Å². The first kappa shape index (κ1) is 32.3. The molecule has 10 atom stereocenters. The van der Waals surface area contributed by atoms with Crippen LogP contribution in [-0.2, 0) is 32.2 Å². The number of alkyl halides is 1. The van der Waals surface area contributed by atoms with E-state index in [1.54, 1.807) is 0 Å². The fourth-order valence-electron chi connectivity index (χ4n) is 5.05. The van der Waals surface area contributed by atoms with Crippen molar-refractivity contribution in [3.05, 3.63) is 29.3 Å². The van der Waals surface area contributed by atoms with E-state index in [1.165, 1.54) is 15.5 Å². The number of imidazole rings is 2. The van der Waals surface area contributed by atoms with Gasteiger partial charge in [-0.25, -0.2) is 28.9 Å². The summed E-state index contributed by atoms with van der Waals surface area (Å²) in [7, 11) is -3.01. The highest BCUT2D eigenvalue weighted by Crippen LogP contribution is 2.57. The molecule has 6 rings (SSSR count). The molecule has 4 unspecified atom stereocenters. The second-order valence-electron chi connectivity index (χ2n) is 9.79. The Morgan fingerprint density at radius 2 is 1.78 bits per heavy atom. The van der Waals surface area contributed by atoms with Crippen LogP contribution in [0.2, 0.25) is 0 Å². The molecule has 0 saturated carbocycles. The maximum atomic E-state index is 15.7. The largest absolute Gasteiger partial charge is 0.394 e. The molecule has 0 aliphatic carbocycles. The third kappa shape index (κ3) is 6.10. The highest BCUT2D eigenvalue weighted by atomic mass is 32.7. The number of H-pyrrole nitrogens is 1. The van der Waals surface area contributed by atoms with E-state index in [-0.39, 0.29) is 34.1 Å².